The summed E-state index contributed by atoms with van der Waals surface area (Å²) in [5, 5.41) is 4.17. The highest BCUT2D eigenvalue weighted by molar-refractivity contribution is 7.99. The second kappa shape index (κ2) is 7.27. The summed E-state index contributed by atoms with van der Waals surface area (Å²) in [6.45, 7) is 4.38. The molecule has 0 unspecified atom stereocenters. The van der Waals surface area contributed by atoms with Crippen LogP contribution in [0.3, 0.4) is 0 Å². The number of halogens is 1. The van der Waals surface area contributed by atoms with Gasteiger partial charge in [-0.1, -0.05) is 18.5 Å². The van der Waals surface area contributed by atoms with E-state index < -0.39 is 0 Å². The predicted octanol–water partition coefficient (Wildman–Crippen LogP) is 3.45. The Morgan fingerprint density at radius 1 is 1.44 bits per heavy atom. The molecule has 2 nitrogen and oxygen atoms in total. The fourth-order valence-electron chi connectivity index (χ4n) is 2.18. The van der Waals surface area contributed by atoms with Gasteiger partial charge in [-0.3, -0.25) is 0 Å². The molecule has 1 aliphatic heterocycles. The number of nitrogens with one attached hydrogen (secondary N) is 1. The van der Waals surface area contributed by atoms with E-state index in [2.05, 4.69) is 12.2 Å². The van der Waals surface area contributed by atoms with Crippen molar-refractivity contribution in [1.29, 1.82) is 0 Å². The van der Waals surface area contributed by atoms with Crippen LogP contribution in [0.4, 0.5) is 0 Å². The molecule has 0 radical (unpaired) electrons. The number of hydrogen-bond donors (Lipinski definition) is 1. The molecule has 0 aliphatic carbocycles. The van der Waals surface area contributed by atoms with Gasteiger partial charge >= 0.3 is 0 Å². The van der Waals surface area contributed by atoms with Crippen molar-refractivity contribution in [2.45, 2.75) is 19.4 Å². The molecule has 2 atom stereocenters. The molecule has 0 aromatic heterocycles. The van der Waals surface area contributed by atoms with E-state index in [1.54, 1.807) is 0 Å². The summed E-state index contributed by atoms with van der Waals surface area (Å²) in [7, 11) is 0. The summed E-state index contributed by atoms with van der Waals surface area (Å²) in [5.41, 5.74) is 0. The van der Waals surface area contributed by atoms with Crippen molar-refractivity contribution in [2.24, 2.45) is 5.92 Å². The van der Waals surface area contributed by atoms with Crippen molar-refractivity contribution in [2.75, 3.05) is 24.6 Å². The van der Waals surface area contributed by atoms with E-state index >= 15 is 0 Å². The van der Waals surface area contributed by atoms with Crippen LogP contribution < -0.4 is 10.1 Å². The second-order valence-electron chi connectivity index (χ2n) is 4.52. The molecule has 0 spiro atoms. The van der Waals surface area contributed by atoms with Gasteiger partial charge in [0.25, 0.3) is 0 Å². The van der Waals surface area contributed by atoms with Crippen LogP contribution in [0.2, 0.25) is 5.02 Å². The third-order valence-corrected chi connectivity index (χ3v) is 4.44. The molecule has 1 aromatic carbocycles. The van der Waals surface area contributed by atoms with Crippen LogP contribution in [0.1, 0.15) is 13.3 Å². The first-order valence-electron chi connectivity index (χ1n) is 6.50. The van der Waals surface area contributed by atoms with Gasteiger partial charge in [-0.2, -0.15) is 11.8 Å². The zero-order chi connectivity index (χ0) is 12.8. The molecular formula is C14H20ClNOS. The van der Waals surface area contributed by atoms with Crippen molar-refractivity contribution < 1.29 is 4.74 Å². The molecule has 100 valence electrons. The van der Waals surface area contributed by atoms with Crippen LogP contribution >= 0.6 is 23.4 Å². The van der Waals surface area contributed by atoms with Crippen LogP contribution in [0, 0.1) is 5.92 Å². The highest BCUT2D eigenvalue weighted by Crippen LogP contribution is 2.24. The Morgan fingerprint density at radius 3 is 2.83 bits per heavy atom. The van der Waals surface area contributed by atoms with Crippen molar-refractivity contribution in [1.82, 2.24) is 5.32 Å². The van der Waals surface area contributed by atoms with Crippen molar-refractivity contribution >= 4 is 23.4 Å². The Morgan fingerprint density at radius 2 is 2.22 bits per heavy atom. The zero-order valence-electron chi connectivity index (χ0n) is 10.7. The highest BCUT2D eigenvalue weighted by Gasteiger charge is 2.26. The first-order chi connectivity index (χ1) is 8.79. The molecule has 0 amide bonds. The minimum atomic E-state index is 0.297. The summed E-state index contributed by atoms with van der Waals surface area (Å²) in [5.74, 6) is 3.75. The van der Waals surface area contributed by atoms with Gasteiger partial charge in [0.15, 0.2) is 0 Å². The maximum absolute atomic E-state index is 6.14. The Kier molecular flexibility index (Phi) is 5.67. The van der Waals surface area contributed by atoms with Crippen LogP contribution in [-0.4, -0.2) is 30.7 Å². The maximum Gasteiger partial charge on any atom is 0.119 e. The Balaban J connectivity index is 1.97. The van der Waals surface area contributed by atoms with Crippen LogP contribution in [0.15, 0.2) is 24.3 Å². The normalized spacial score (nSPS) is 20.9. The molecule has 1 saturated heterocycles. The molecule has 1 heterocycles. The average Bonchev–Trinajstić information content (AvgIpc) is 2.90. The maximum atomic E-state index is 6.14. The lowest BCUT2D eigenvalue weighted by Gasteiger charge is -2.24. The number of thioether (sulfide) groups is 1. The third-order valence-electron chi connectivity index (χ3n) is 3.21. The van der Waals surface area contributed by atoms with Gasteiger partial charge in [0.2, 0.25) is 0 Å². The third kappa shape index (κ3) is 4.08. The molecule has 2 rings (SSSR count). The smallest absolute Gasteiger partial charge is 0.119 e. The lowest BCUT2D eigenvalue weighted by atomic mass is 10.0. The molecule has 1 aliphatic rings. The van der Waals surface area contributed by atoms with Crippen molar-refractivity contribution in [3.63, 3.8) is 0 Å². The molecule has 1 N–H and O–H groups in total. The summed E-state index contributed by atoms with van der Waals surface area (Å²) < 4.78 is 6.14. The number of ether oxygens (including phenoxy) is 1. The summed E-state index contributed by atoms with van der Waals surface area (Å²) >= 11 is 7.84. The van der Waals surface area contributed by atoms with E-state index in [1.807, 2.05) is 36.0 Å². The first-order valence-corrected chi connectivity index (χ1v) is 8.03. The van der Waals surface area contributed by atoms with E-state index in [9.17, 15) is 0 Å². The number of hydrogen-bond acceptors (Lipinski definition) is 3. The molecule has 1 aromatic rings. The van der Waals surface area contributed by atoms with E-state index in [-0.39, 0.29) is 0 Å². The molecule has 18 heavy (non-hydrogen) atoms. The lowest BCUT2D eigenvalue weighted by Crippen LogP contribution is -2.31. The summed E-state index contributed by atoms with van der Waals surface area (Å²) in [4.78, 5) is 0. The SMILES string of the molecule is CCSC[C@H](Oc1ccc(Cl)cc1)[C@H]1CCNC1. The minimum absolute atomic E-state index is 0.297. The van der Waals surface area contributed by atoms with Gasteiger partial charge in [0.05, 0.1) is 0 Å². The van der Waals surface area contributed by atoms with Crippen molar-refractivity contribution in [3.05, 3.63) is 29.3 Å². The molecular weight excluding hydrogens is 266 g/mol. The first kappa shape index (κ1) is 14.0. The van der Waals surface area contributed by atoms with Crippen LogP contribution in [0.5, 0.6) is 5.75 Å². The topological polar surface area (TPSA) is 21.3 Å². The van der Waals surface area contributed by atoms with Gasteiger partial charge in [-0.25, -0.2) is 0 Å². The van der Waals surface area contributed by atoms with Gasteiger partial charge in [0, 0.05) is 23.2 Å². The summed E-state index contributed by atoms with van der Waals surface area (Å²) in [6, 6.07) is 7.67. The minimum Gasteiger partial charge on any atom is -0.489 e. The fraction of sp³-hybridized carbons (Fsp3) is 0.571. The van der Waals surface area contributed by atoms with E-state index in [1.165, 1.54) is 6.42 Å². The quantitative estimate of drug-likeness (QED) is 0.865. The largest absolute Gasteiger partial charge is 0.489 e. The Bertz CT molecular complexity index is 351. The highest BCUT2D eigenvalue weighted by atomic mass is 35.5. The van der Waals surface area contributed by atoms with Gasteiger partial charge in [0.1, 0.15) is 11.9 Å². The van der Waals surface area contributed by atoms with Crippen molar-refractivity contribution in [3.8, 4) is 5.75 Å². The second-order valence-corrected chi connectivity index (χ2v) is 6.28. The standard InChI is InChI=1S/C14H20ClNOS/c1-2-18-10-14(11-7-8-16-9-11)17-13-5-3-12(15)4-6-13/h3-6,11,14,16H,2,7-10H2,1H3/t11-,14-/m0/s1. The van der Waals surface area contributed by atoms with Gasteiger partial charge < -0.3 is 10.1 Å². The Hall–Kier alpha value is -0.380. The van der Waals surface area contributed by atoms with E-state index in [4.69, 9.17) is 16.3 Å². The molecule has 4 heteroatoms. The molecule has 0 bridgehead atoms. The Labute approximate surface area is 118 Å². The van der Waals surface area contributed by atoms with Gasteiger partial charge in [-0.15, -0.1) is 0 Å². The van der Waals surface area contributed by atoms with Gasteiger partial charge in [-0.05, 0) is 43.0 Å². The molecule has 1 fully saturated rings. The number of rotatable bonds is 6. The predicted molar refractivity (Wildman–Crippen MR) is 79.8 cm³/mol. The van der Waals surface area contributed by atoms with Crippen LogP contribution in [-0.2, 0) is 0 Å². The van der Waals surface area contributed by atoms with E-state index in [0.29, 0.717) is 12.0 Å². The average molecular weight is 286 g/mol. The fourth-order valence-corrected chi connectivity index (χ4v) is 3.12. The lowest BCUT2D eigenvalue weighted by molar-refractivity contribution is 0.165. The molecule has 0 saturated carbocycles. The monoisotopic (exact) mass is 285 g/mol. The number of benzene rings is 1. The summed E-state index contributed by atoms with van der Waals surface area (Å²) in [6.07, 6.45) is 1.51. The zero-order valence-corrected chi connectivity index (χ0v) is 12.3. The van der Waals surface area contributed by atoms with E-state index in [0.717, 1.165) is 35.4 Å². The van der Waals surface area contributed by atoms with Crippen LogP contribution in [0.25, 0.3) is 0 Å².